The molecule has 2 unspecified atom stereocenters. The molecule has 1 saturated heterocycles. The highest BCUT2D eigenvalue weighted by atomic mass is 19.4. The third-order valence-corrected chi connectivity index (χ3v) is 7.69. The van der Waals surface area contributed by atoms with Gasteiger partial charge in [0.05, 0.1) is 23.6 Å². The van der Waals surface area contributed by atoms with E-state index < -0.39 is 12.3 Å². The van der Waals surface area contributed by atoms with Gasteiger partial charge < -0.3 is 24.0 Å². The second-order valence-electron chi connectivity index (χ2n) is 10.4. The first-order valence-electron chi connectivity index (χ1n) is 13.3. The maximum atomic E-state index is 13.1. The molecule has 2 fully saturated rings. The molecule has 0 radical (unpaired) electrons. The topological polar surface area (TPSA) is 115 Å². The highest BCUT2D eigenvalue weighted by molar-refractivity contribution is 5.86. The van der Waals surface area contributed by atoms with Crippen LogP contribution in [0.1, 0.15) is 59.8 Å². The first-order valence-corrected chi connectivity index (χ1v) is 13.3. The van der Waals surface area contributed by atoms with Crippen molar-refractivity contribution in [1.29, 1.82) is 0 Å². The lowest BCUT2D eigenvalue weighted by atomic mass is 10.0. The molecule has 2 aliphatic heterocycles. The van der Waals surface area contributed by atoms with E-state index in [1.54, 1.807) is 12.1 Å². The summed E-state index contributed by atoms with van der Waals surface area (Å²) in [5.41, 5.74) is 1.48. The van der Waals surface area contributed by atoms with Crippen LogP contribution >= 0.6 is 0 Å². The smallest absolute Gasteiger partial charge is 0.493 e. The molecule has 41 heavy (non-hydrogen) atoms. The van der Waals surface area contributed by atoms with E-state index in [2.05, 4.69) is 31.0 Å². The zero-order chi connectivity index (χ0) is 28.3. The summed E-state index contributed by atoms with van der Waals surface area (Å²) in [6.07, 6.45) is 2.89. The molecule has 2 bridgehead atoms. The van der Waals surface area contributed by atoms with Gasteiger partial charge in [-0.25, -0.2) is 14.3 Å². The first kappa shape index (κ1) is 25.4. The number of aromatic nitrogens is 4. The molecule has 7 rings (SSSR count). The van der Waals surface area contributed by atoms with E-state index in [1.807, 2.05) is 6.07 Å². The summed E-state index contributed by atoms with van der Waals surface area (Å²) >= 11 is 0. The maximum Gasteiger partial charge on any atom is 0.573 e. The third-order valence-electron chi connectivity index (χ3n) is 7.69. The Morgan fingerprint density at radius 3 is 2.71 bits per heavy atom. The number of alkyl halides is 3. The molecule has 10 nitrogen and oxygen atoms in total. The Bertz CT molecular complexity index is 1680. The second kappa shape index (κ2) is 9.53. The molecule has 2 atom stereocenters. The van der Waals surface area contributed by atoms with E-state index in [1.165, 1.54) is 28.9 Å². The summed E-state index contributed by atoms with van der Waals surface area (Å²) < 4.78 is 56.9. The number of fused-ring (bicyclic) bond motifs is 3. The molecule has 0 amide bonds. The highest BCUT2D eigenvalue weighted by Gasteiger charge is 2.39. The van der Waals surface area contributed by atoms with Gasteiger partial charge in [-0.2, -0.15) is 0 Å². The number of carbonyl (C=O) groups is 1. The van der Waals surface area contributed by atoms with Crippen LogP contribution in [0.15, 0.2) is 59.0 Å². The van der Waals surface area contributed by atoms with Crippen LogP contribution in [0, 0.1) is 0 Å². The number of hydrogen-bond acceptors (Lipinski definition) is 8. The lowest BCUT2D eigenvalue weighted by molar-refractivity contribution is -0.274. The van der Waals surface area contributed by atoms with Crippen LogP contribution in [0.25, 0.3) is 16.9 Å². The number of imidazole rings is 1. The molecule has 1 N–H and O–H groups in total. The average Bonchev–Trinajstić information content (AvgIpc) is 3.44. The number of anilines is 1. The molecule has 0 spiro atoms. The fourth-order valence-corrected chi connectivity index (χ4v) is 5.75. The zero-order valence-electron chi connectivity index (χ0n) is 21.5. The lowest BCUT2D eigenvalue weighted by Crippen LogP contribution is -2.39. The van der Waals surface area contributed by atoms with Gasteiger partial charge in [0.2, 0.25) is 0 Å². The van der Waals surface area contributed by atoms with Crippen molar-refractivity contribution < 1.29 is 37.1 Å². The van der Waals surface area contributed by atoms with Crippen molar-refractivity contribution in [2.75, 3.05) is 4.90 Å². The van der Waals surface area contributed by atoms with Gasteiger partial charge >= 0.3 is 12.3 Å². The van der Waals surface area contributed by atoms with Crippen LogP contribution in [0.4, 0.5) is 19.0 Å². The van der Waals surface area contributed by atoms with Crippen LogP contribution in [0.2, 0.25) is 0 Å². The van der Waals surface area contributed by atoms with Gasteiger partial charge in [-0.3, -0.25) is 0 Å². The quantitative estimate of drug-likeness (QED) is 0.286. The van der Waals surface area contributed by atoms with Crippen LogP contribution in [0.3, 0.4) is 0 Å². The number of aromatic carboxylic acids is 1. The Morgan fingerprint density at radius 1 is 1.12 bits per heavy atom. The largest absolute Gasteiger partial charge is 0.573 e. The number of rotatable bonds is 8. The van der Waals surface area contributed by atoms with E-state index >= 15 is 0 Å². The minimum atomic E-state index is -4.84. The fraction of sp³-hybridized carbons (Fsp3) is 0.357. The number of carboxylic acids is 1. The van der Waals surface area contributed by atoms with Gasteiger partial charge in [0.1, 0.15) is 29.6 Å². The predicted molar refractivity (Wildman–Crippen MR) is 137 cm³/mol. The van der Waals surface area contributed by atoms with E-state index in [9.17, 15) is 23.1 Å². The van der Waals surface area contributed by atoms with Crippen molar-refractivity contribution in [3.05, 3.63) is 71.4 Å². The summed E-state index contributed by atoms with van der Waals surface area (Å²) in [5, 5.41) is 18.0. The number of halogens is 3. The molecule has 1 aliphatic carbocycles. The van der Waals surface area contributed by atoms with Gasteiger partial charge in [-0.05, 0) is 56.0 Å². The summed E-state index contributed by atoms with van der Waals surface area (Å²) in [6, 6.07) is 9.62. The summed E-state index contributed by atoms with van der Waals surface area (Å²) in [7, 11) is 0. The van der Waals surface area contributed by atoms with Crippen molar-refractivity contribution in [3.8, 4) is 17.0 Å². The minimum absolute atomic E-state index is 0.0296. The first-order chi connectivity index (χ1) is 19.7. The molecule has 3 aromatic heterocycles. The molecule has 3 aliphatic rings. The number of hydrogen-bond donors (Lipinski definition) is 1. The normalized spacial score (nSPS) is 20.4. The van der Waals surface area contributed by atoms with Gasteiger partial charge in [0.25, 0.3) is 0 Å². The van der Waals surface area contributed by atoms with Crippen molar-refractivity contribution >= 4 is 17.4 Å². The molecule has 5 heterocycles. The second-order valence-corrected chi connectivity index (χ2v) is 10.4. The Morgan fingerprint density at radius 2 is 1.95 bits per heavy atom. The number of carboxylic acid groups (broad SMARTS) is 1. The Hall–Kier alpha value is -4.55. The fourth-order valence-electron chi connectivity index (χ4n) is 5.75. The number of nitrogens with zero attached hydrogens (tertiary/aromatic N) is 5. The van der Waals surface area contributed by atoms with Gasteiger partial charge in [0, 0.05) is 23.9 Å². The van der Waals surface area contributed by atoms with Gasteiger partial charge in [0.15, 0.2) is 11.3 Å². The molecule has 212 valence electrons. The molecular formula is C28H24F3N5O5. The summed E-state index contributed by atoms with van der Waals surface area (Å²) in [5.74, 6) is 0.856. The van der Waals surface area contributed by atoms with Crippen LogP contribution in [-0.4, -0.2) is 49.3 Å². The lowest BCUT2D eigenvalue weighted by Gasteiger charge is -2.34. The van der Waals surface area contributed by atoms with Crippen molar-refractivity contribution in [2.45, 2.75) is 63.1 Å². The Balaban J connectivity index is 1.13. The van der Waals surface area contributed by atoms with Gasteiger partial charge in [-0.1, -0.05) is 17.3 Å². The number of ether oxygens (including phenoxy) is 2. The van der Waals surface area contributed by atoms with E-state index in [-0.39, 0.29) is 47.3 Å². The monoisotopic (exact) mass is 567 g/mol. The molecular weight excluding hydrogens is 543 g/mol. The Labute approximate surface area is 231 Å². The molecule has 4 aromatic rings. The predicted octanol–water partition coefficient (Wildman–Crippen LogP) is 5.70. The van der Waals surface area contributed by atoms with E-state index in [0.29, 0.717) is 29.2 Å². The number of benzene rings is 1. The standard InChI is InChI=1S/C28H24F3N5O5/c29-28(30,31)40-22-4-2-1-3-19(22)25-20(26(41-34-25)15-5-6-15)14-39-18-11-16-7-8-17(12-18)36(16)24-10-9-23-32-21(27(37)38)13-35(23)33-24/h1-4,9-11,13,15-17H,5-8,12,14H2,(H,37,38). The van der Waals surface area contributed by atoms with E-state index in [4.69, 9.17) is 9.26 Å². The summed E-state index contributed by atoms with van der Waals surface area (Å²) in [6.45, 7) is 0.105. The highest BCUT2D eigenvalue weighted by Crippen LogP contribution is 2.46. The average molecular weight is 568 g/mol. The molecule has 1 aromatic carbocycles. The molecule has 13 heteroatoms. The number of para-hydroxylation sites is 1. The van der Waals surface area contributed by atoms with Crippen LogP contribution in [0.5, 0.6) is 5.75 Å². The SMILES string of the molecule is O=C(O)c1cn2nc(N3C4C=C(OCc5c(-c6ccccc6OC(F)(F)F)noc5C5CC5)CC3CC4)ccc2n1. The maximum absolute atomic E-state index is 13.1. The van der Waals surface area contributed by atoms with E-state index in [0.717, 1.165) is 31.4 Å². The van der Waals surface area contributed by atoms with Crippen molar-refractivity contribution in [1.82, 2.24) is 19.8 Å². The van der Waals surface area contributed by atoms with Crippen molar-refractivity contribution in [2.24, 2.45) is 0 Å². The molecule has 1 saturated carbocycles. The van der Waals surface area contributed by atoms with Crippen LogP contribution < -0.4 is 9.64 Å². The van der Waals surface area contributed by atoms with Crippen molar-refractivity contribution in [3.63, 3.8) is 0 Å². The Kier molecular flexibility index (Phi) is 5.91. The minimum Gasteiger partial charge on any atom is -0.493 e. The summed E-state index contributed by atoms with van der Waals surface area (Å²) in [4.78, 5) is 17.6. The third kappa shape index (κ3) is 4.85. The van der Waals surface area contributed by atoms with Crippen LogP contribution in [-0.2, 0) is 11.3 Å². The zero-order valence-corrected chi connectivity index (χ0v) is 21.5. The van der Waals surface area contributed by atoms with Gasteiger partial charge in [-0.15, -0.1) is 18.3 Å².